The monoisotopic (exact) mass is 289 g/mol. The highest BCUT2D eigenvalue weighted by molar-refractivity contribution is 5.78. The Bertz CT molecular complexity index is 688. The lowest BCUT2D eigenvalue weighted by molar-refractivity contribution is 0.395. The van der Waals surface area contributed by atoms with Gasteiger partial charge in [0.15, 0.2) is 0 Å². The van der Waals surface area contributed by atoms with Crippen LogP contribution in [0.3, 0.4) is 0 Å². The average molecular weight is 289 g/mol. The Balaban J connectivity index is 2.81. The normalized spacial score (nSPS) is 10.1. The first-order valence-corrected chi connectivity index (χ1v) is 6.14. The fourth-order valence-electron chi connectivity index (χ4n) is 2.17. The summed E-state index contributed by atoms with van der Waals surface area (Å²) >= 11 is 0. The van der Waals surface area contributed by atoms with Crippen LogP contribution in [0.5, 0.6) is 11.5 Å². The molecule has 0 aliphatic heterocycles. The van der Waals surface area contributed by atoms with E-state index in [9.17, 15) is 8.78 Å². The van der Waals surface area contributed by atoms with Gasteiger partial charge in [-0.3, -0.25) is 0 Å². The Morgan fingerprint density at radius 1 is 0.905 bits per heavy atom. The third kappa shape index (κ3) is 2.65. The van der Waals surface area contributed by atoms with E-state index in [1.165, 1.54) is 14.2 Å². The molecule has 0 saturated heterocycles. The largest absolute Gasteiger partial charge is 0.496 e. The standard InChI is InChI=1S/C16H13F2NO2/c1-9-4-13(20-2)16(14(5-9)21-3)15-11(17)6-10(8-19)7-12(15)18/h4-7H,1-3H3. The summed E-state index contributed by atoms with van der Waals surface area (Å²) < 4.78 is 38.9. The molecule has 0 saturated carbocycles. The van der Waals surface area contributed by atoms with Crippen LogP contribution < -0.4 is 9.47 Å². The van der Waals surface area contributed by atoms with Crippen molar-refractivity contribution in [1.82, 2.24) is 0 Å². The molecule has 0 aliphatic carbocycles. The quantitative estimate of drug-likeness (QED) is 0.862. The highest BCUT2D eigenvalue weighted by Gasteiger charge is 2.21. The number of methoxy groups -OCH3 is 2. The number of rotatable bonds is 3. The molecule has 0 spiro atoms. The number of benzene rings is 2. The SMILES string of the molecule is COc1cc(C)cc(OC)c1-c1c(F)cc(C#N)cc1F. The van der Waals surface area contributed by atoms with E-state index in [0.29, 0.717) is 11.5 Å². The van der Waals surface area contributed by atoms with E-state index in [2.05, 4.69) is 0 Å². The van der Waals surface area contributed by atoms with E-state index in [4.69, 9.17) is 14.7 Å². The molecule has 3 nitrogen and oxygen atoms in total. The summed E-state index contributed by atoms with van der Waals surface area (Å²) in [6, 6.07) is 7.00. The minimum absolute atomic E-state index is 0.0844. The maximum absolute atomic E-state index is 14.2. The minimum Gasteiger partial charge on any atom is -0.496 e. The van der Waals surface area contributed by atoms with E-state index in [0.717, 1.165) is 17.7 Å². The number of hydrogen-bond acceptors (Lipinski definition) is 3. The number of nitriles is 1. The van der Waals surface area contributed by atoms with Gasteiger partial charge in [0.25, 0.3) is 0 Å². The molecular formula is C16H13F2NO2. The smallest absolute Gasteiger partial charge is 0.135 e. The molecule has 0 aliphatic rings. The van der Waals surface area contributed by atoms with Gasteiger partial charge in [-0.05, 0) is 36.8 Å². The molecule has 2 rings (SSSR count). The third-order valence-corrected chi connectivity index (χ3v) is 3.07. The zero-order valence-electron chi connectivity index (χ0n) is 11.8. The minimum atomic E-state index is -0.841. The highest BCUT2D eigenvalue weighted by atomic mass is 19.1. The van der Waals surface area contributed by atoms with Crippen LogP contribution in [-0.4, -0.2) is 14.2 Å². The molecular weight excluding hydrogens is 276 g/mol. The number of halogens is 2. The predicted octanol–water partition coefficient (Wildman–Crippen LogP) is 3.83. The third-order valence-electron chi connectivity index (χ3n) is 3.07. The zero-order chi connectivity index (χ0) is 15.6. The number of nitrogens with zero attached hydrogens (tertiary/aromatic N) is 1. The average Bonchev–Trinajstić information content (AvgIpc) is 2.46. The number of aryl methyl sites for hydroxylation is 1. The lowest BCUT2D eigenvalue weighted by Gasteiger charge is -2.16. The summed E-state index contributed by atoms with van der Waals surface area (Å²) in [5.41, 5.74) is 0.661. The highest BCUT2D eigenvalue weighted by Crippen LogP contribution is 2.42. The van der Waals surface area contributed by atoms with Gasteiger partial charge in [0.2, 0.25) is 0 Å². The Morgan fingerprint density at radius 2 is 1.38 bits per heavy atom. The van der Waals surface area contributed by atoms with Crippen LogP contribution in [0.2, 0.25) is 0 Å². The Morgan fingerprint density at radius 3 is 1.76 bits per heavy atom. The van der Waals surface area contributed by atoms with Gasteiger partial charge in [0, 0.05) is 0 Å². The van der Waals surface area contributed by atoms with Crippen molar-refractivity contribution in [3.63, 3.8) is 0 Å². The molecule has 108 valence electrons. The molecule has 0 heterocycles. The lowest BCUT2D eigenvalue weighted by atomic mass is 9.99. The van der Waals surface area contributed by atoms with E-state index in [-0.39, 0.29) is 16.7 Å². The molecule has 21 heavy (non-hydrogen) atoms. The molecule has 0 radical (unpaired) electrons. The summed E-state index contributed by atoms with van der Waals surface area (Å²) in [6.07, 6.45) is 0. The number of ether oxygens (including phenoxy) is 2. The summed E-state index contributed by atoms with van der Waals surface area (Å²) in [5, 5.41) is 8.75. The van der Waals surface area contributed by atoms with Gasteiger partial charge in [-0.2, -0.15) is 5.26 Å². The topological polar surface area (TPSA) is 42.2 Å². The first-order chi connectivity index (χ1) is 10.0. The van der Waals surface area contributed by atoms with Gasteiger partial charge in [-0.25, -0.2) is 8.78 Å². The Labute approximate surface area is 121 Å². The van der Waals surface area contributed by atoms with Crippen molar-refractivity contribution in [2.24, 2.45) is 0 Å². The van der Waals surface area contributed by atoms with Crippen LogP contribution in [0.4, 0.5) is 8.78 Å². The maximum atomic E-state index is 14.2. The van der Waals surface area contributed by atoms with Gasteiger partial charge in [-0.15, -0.1) is 0 Å². The second-order valence-electron chi connectivity index (χ2n) is 4.47. The fourth-order valence-corrected chi connectivity index (χ4v) is 2.17. The van der Waals surface area contributed by atoms with Crippen molar-refractivity contribution >= 4 is 0 Å². The van der Waals surface area contributed by atoms with Crippen LogP contribution in [-0.2, 0) is 0 Å². The van der Waals surface area contributed by atoms with Crippen molar-refractivity contribution < 1.29 is 18.3 Å². The molecule has 5 heteroatoms. The second kappa shape index (κ2) is 5.80. The fraction of sp³-hybridized carbons (Fsp3) is 0.188. The van der Waals surface area contributed by atoms with E-state index in [1.807, 2.05) is 6.92 Å². The molecule has 0 fully saturated rings. The first-order valence-electron chi connectivity index (χ1n) is 6.14. The summed E-state index contributed by atoms with van der Waals surface area (Å²) in [5.74, 6) is -1.08. The van der Waals surface area contributed by atoms with Gasteiger partial charge in [0.05, 0.1) is 37.0 Å². The first kappa shape index (κ1) is 14.8. The van der Waals surface area contributed by atoms with Crippen molar-refractivity contribution in [2.75, 3.05) is 14.2 Å². The van der Waals surface area contributed by atoms with Crippen LogP contribution in [0.25, 0.3) is 11.1 Å². The zero-order valence-corrected chi connectivity index (χ0v) is 11.8. The van der Waals surface area contributed by atoms with Crippen molar-refractivity contribution in [3.8, 4) is 28.7 Å². The van der Waals surface area contributed by atoms with Crippen LogP contribution >= 0.6 is 0 Å². The molecule has 0 bridgehead atoms. The van der Waals surface area contributed by atoms with Crippen LogP contribution in [0, 0.1) is 29.9 Å². The Kier molecular flexibility index (Phi) is 4.08. The van der Waals surface area contributed by atoms with Crippen LogP contribution in [0.1, 0.15) is 11.1 Å². The summed E-state index contributed by atoms with van der Waals surface area (Å²) in [7, 11) is 2.83. The van der Waals surface area contributed by atoms with E-state index < -0.39 is 11.6 Å². The van der Waals surface area contributed by atoms with Crippen molar-refractivity contribution in [1.29, 1.82) is 5.26 Å². The Hall–Kier alpha value is -2.61. The molecule has 0 atom stereocenters. The van der Waals surface area contributed by atoms with E-state index in [1.54, 1.807) is 18.2 Å². The molecule has 2 aromatic carbocycles. The van der Waals surface area contributed by atoms with Gasteiger partial charge >= 0.3 is 0 Å². The predicted molar refractivity (Wildman–Crippen MR) is 74.4 cm³/mol. The van der Waals surface area contributed by atoms with Crippen molar-refractivity contribution in [2.45, 2.75) is 6.92 Å². The molecule has 2 aromatic rings. The van der Waals surface area contributed by atoms with Gasteiger partial charge in [0.1, 0.15) is 23.1 Å². The second-order valence-corrected chi connectivity index (χ2v) is 4.47. The molecule has 0 unspecified atom stereocenters. The molecule has 0 N–H and O–H groups in total. The molecule has 0 amide bonds. The molecule has 0 aromatic heterocycles. The van der Waals surface area contributed by atoms with E-state index >= 15 is 0 Å². The van der Waals surface area contributed by atoms with Gasteiger partial charge in [-0.1, -0.05) is 0 Å². The summed E-state index contributed by atoms with van der Waals surface area (Å²) in [6.45, 7) is 1.82. The van der Waals surface area contributed by atoms with Gasteiger partial charge < -0.3 is 9.47 Å². The lowest BCUT2D eigenvalue weighted by Crippen LogP contribution is -1.99. The number of hydrogen-bond donors (Lipinski definition) is 0. The van der Waals surface area contributed by atoms with Crippen molar-refractivity contribution in [3.05, 3.63) is 47.0 Å². The summed E-state index contributed by atoms with van der Waals surface area (Å²) in [4.78, 5) is 0. The maximum Gasteiger partial charge on any atom is 0.135 e. The van der Waals surface area contributed by atoms with Crippen LogP contribution in [0.15, 0.2) is 24.3 Å².